The molecule has 2 rings (SSSR count). The van der Waals surface area contributed by atoms with Gasteiger partial charge in [0.05, 0.1) is 5.57 Å². The summed E-state index contributed by atoms with van der Waals surface area (Å²) in [6.45, 7) is 9.52. The van der Waals surface area contributed by atoms with Crippen molar-refractivity contribution in [1.29, 1.82) is 0 Å². The van der Waals surface area contributed by atoms with Crippen LogP contribution in [-0.4, -0.2) is 72.6 Å². The molecule has 1 saturated heterocycles. The van der Waals surface area contributed by atoms with Crippen molar-refractivity contribution < 1.29 is 47.7 Å². The first-order valence-corrected chi connectivity index (χ1v) is 11.6. The number of amides is 1. The van der Waals surface area contributed by atoms with E-state index in [1.165, 1.54) is 20.8 Å². The number of allylic oxidation sites excluding steroid dienone is 2. The molecule has 200 valence electrons. The van der Waals surface area contributed by atoms with Crippen molar-refractivity contribution in [1.82, 2.24) is 10.6 Å². The van der Waals surface area contributed by atoms with Crippen LogP contribution in [0, 0.1) is 5.41 Å². The summed E-state index contributed by atoms with van der Waals surface area (Å²) in [6.07, 6.45) is -4.42. The molecule has 1 aliphatic carbocycles. The third-order valence-electron chi connectivity index (χ3n) is 5.69. The van der Waals surface area contributed by atoms with Gasteiger partial charge >= 0.3 is 17.9 Å². The van der Waals surface area contributed by atoms with Crippen molar-refractivity contribution in [3.05, 3.63) is 11.3 Å². The van der Waals surface area contributed by atoms with Gasteiger partial charge in [0.2, 0.25) is 5.91 Å². The quantitative estimate of drug-likeness (QED) is 0.212. The van der Waals surface area contributed by atoms with E-state index in [1.54, 1.807) is 0 Å². The van der Waals surface area contributed by atoms with E-state index in [9.17, 15) is 28.8 Å². The molecule has 0 aromatic rings. The zero-order valence-electron chi connectivity index (χ0n) is 21.6. The lowest BCUT2D eigenvalue weighted by Gasteiger charge is -2.45. The van der Waals surface area contributed by atoms with Crippen molar-refractivity contribution in [2.24, 2.45) is 5.41 Å². The second-order valence-corrected chi connectivity index (χ2v) is 9.78. The number of hydrogen-bond donors (Lipinski definition) is 2. The number of ketones is 2. The number of carbonyl (C=O) groups is 6. The standard InChI is InChI=1S/C24H34N2O10/c1-11(19-16(31)8-24(6,7)9-17(19)32)25-23-20(26-12(2)27)22(35-15(5)30)21(34-14(4)29)18(36-23)10-33-13(3)28/h18,20-23,25H,8-10H2,1-7H3,(H,26,27)/t18-,20+,21-,22-,23-/m1/s1. The summed E-state index contributed by atoms with van der Waals surface area (Å²) in [5, 5.41) is 5.58. The first-order valence-electron chi connectivity index (χ1n) is 11.6. The smallest absolute Gasteiger partial charge is 0.303 e. The normalized spacial score (nSPS) is 27.5. The van der Waals surface area contributed by atoms with E-state index < -0.39 is 59.8 Å². The van der Waals surface area contributed by atoms with Crippen molar-refractivity contribution >= 4 is 35.4 Å². The molecule has 1 aliphatic heterocycles. The maximum Gasteiger partial charge on any atom is 0.303 e. The van der Waals surface area contributed by atoms with Gasteiger partial charge in [0, 0.05) is 46.2 Å². The molecular formula is C24H34N2O10. The van der Waals surface area contributed by atoms with Crippen molar-refractivity contribution in [3.63, 3.8) is 0 Å². The van der Waals surface area contributed by atoms with E-state index in [0.717, 1.165) is 13.8 Å². The fourth-order valence-corrected chi connectivity index (χ4v) is 4.42. The molecule has 0 aromatic heterocycles. The molecule has 2 N–H and O–H groups in total. The molecule has 0 aromatic carbocycles. The molecule has 1 saturated carbocycles. The molecule has 0 bridgehead atoms. The van der Waals surface area contributed by atoms with E-state index in [2.05, 4.69) is 10.6 Å². The van der Waals surface area contributed by atoms with Gasteiger partial charge in [-0.2, -0.15) is 0 Å². The maximum atomic E-state index is 12.8. The van der Waals surface area contributed by atoms with Crippen LogP contribution in [0.15, 0.2) is 11.3 Å². The molecule has 1 heterocycles. The molecule has 2 aliphatic rings. The first-order chi connectivity index (χ1) is 16.6. The third-order valence-corrected chi connectivity index (χ3v) is 5.69. The third kappa shape index (κ3) is 7.61. The van der Waals surface area contributed by atoms with Gasteiger partial charge in [-0.25, -0.2) is 0 Å². The van der Waals surface area contributed by atoms with E-state index in [0.29, 0.717) is 0 Å². The van der Waals surface area contributed by atoms with Gasteiger partial charge in [-0.3, -0.25) is 28.8 Å². The van der Waals surface area contributed by atoms with Gasteiger partial charge in [0.25, 0.3) is 0 Å². The van der Waals surface area contributed by atoms with Crippen molar-refractivity contribution in [3.8, 4) is 0 Å². The number of esters is 3. The van der Waals surface area contributed by atoms with Crippen molar-refractivity contribution in [2.75, 3.05) is 6.61 Å². The topological polar surface area (TPSA) is 163 Å². The molecule has 0 unspecified atom stereocenters. The summed E-state index contributed by atoms with van der Waals surface area (Å²) in [6, 6.07) is -1.11. The lowest BCUT2D eigenvalue weighted by molar-refractivity contribution is -0.227. The van der Waals surface area contributed by atoms with Crippen LogP contribution < -0.4 is 10.6 Å². The van der Waals surface area contributed by atoms with Gasteiger partial charge in [-0.15, -0.1) is 0 Å². The van der Waals surface area contributed by atoms with Crippen LogP contribution in [0.3, 0.4) is 0 Å². The monoisotopic (exact) mass is 510 g/mol. The predicted molar refractivity (Wildman–Crippen MR) is 123 cm³/mol. The summed E-state index contributed by atoms with van der Waals surface area (Å²) >= 11 is 0. The van der Waals surface area contributed by atoms with Gasteiger partial charge in [0.1, 0.15) is 18.8 Å². The van der Waals surface area contributed by atoms with Crippen LogP contribution in [-0.2, 0) is 47.7 Å². The van der Waals surface area contributed by atoms with E-state index in [-0.39, 0.29) is 42.3 Å². The van der Waals surface area contributed by atoms with Crippen LogP contribution >= 0.6 is 0 Å². The Balaban J connectivity index is 2.51. The molecule has 36 heavy (non-hydrogen) atoms. The molecule has 12 heteroatoms. The van der Waals surface area contributed by atoms with Gasteiger partial charge in [-0.05, 0) is 12.3 Å². The zero-order chi connectivity index (χ0) is 27.4. The number of carbonyl (C=O) groups excluding carboxylic acids is 6. The number of ether oxygens (including phenoxy) is 4. The summed E-state index contributed by atoms with van der Waals surface area (Å²) in [5.41, 5.74) is -0.271. The van der Waals surface area contributed by atoms with Crippen LogP contribution in [0.25, 0.3) is 0 Å². The fraction of sp³-hybridized carbons (Fsp3) is 0.667. The molecule has 5 atom stereocenters. The first kappa shape index (κ1) is 29.0. The minimum atomic E-state index is -1.25. The Morgan fingerprint density at radius 3 is 1.86 bits per heavy atom. The predicted octanol–water partition coefficient (Wildman–Crippen LogP) is 0.464. The number of hydrogen-bond acceptors (Lipinski definition) is 11. The fourth-order valence-electron chi connectivity index (χ4n) is 4.42. The second kappa shape index (κ2) is 11.6. The molecule has 0 spiro atoms. The number of Topliss-reactive ketones (excluding diaryl/α,β-unsaturated/α-hetero) is 2. The van der Waals surface area contributed by atoms with Gasteiger partial charge in [0.15, 0.2) is 30.0 Å². The summed E-state index contributed by atoms with van der Waals surface area (Å²) in [7, 11) is 0. The van der Waals surface area contributed by atoms with Gasteiger partial charge in [-0.1, -0.05) is 13.8 Å². The van der Waals surface area contributed by atoms with Gasteiger partial charge < -0.3 is 29.6 Å². The highest BCUT2D eigenvalue weighted by atomic mass is 16.6. The molecule has 12 nitrogen and oxygen atoms in total. The lowest BCUT2D eigenvalue weighted by atomic mass is 9.73. The summed E-state index contributed by atoms with van der Waals surface area (Å²) in [4.78, 5) is 72.8. The van der Waals surface area contributed by atoms with Crippen LogP contribution in [0.1, 0.15) is 61.3 Å². The maximum absolute atomic E-state index is 12.8. The SMILES string of the molecule is CC(=O)N[C@H]1[C@@H](OC(C)=O)[C@H](OC(C)=O)[C@@H](COC(C)=O)O[C@H]1NC(C)=C1C(=O)CC(C)(C)CC1=O. The van der Waals surface area contributed by atoms with E-state index >= 15 is 0 Å². The Bertz CT molecular complexity index is 948. The highest BCUT2D eigenvalue weighted by molar-refractivity contribution is 6.22. The Hall–Kier alpha value is -3.28. The Morgan fingerprint density at radius 1 is 0.861 bits per heavy atom. The average molecular weight is 511 g/mol. The highest BCUT2D eigenvalue weighted by Crippen LogP contribution is 2.35. The molecule has 1 amide bonds. The lowest BCUT2D eigenvalue weighted by Crippen LogP contribution is -2.69. The van der Waals surface area contributed by atoms with E-state index in [1.807, 2.05) is 13.8 Å². The summed E-state index contributed by atoms with van der Waals surface area (Å²) in [5.74, 6) is -3.26. The zero-order valence-corrected chi connectivity index (χ0v) is 21.6. The van der Waals surface area contributed by atoms with Crippen LogP contribution in [0.4, 0.5) is 0 Å². The van der Waals surface area contributed by atoms with Crippen LogP contribution in [0.5, 0.6) is 0 Å². The number of nitrogens with one attached hydrogen (secondary N) is 2. The second-order valence-electron chi connectivity index (χ2n) is 9.78. The van der Waals surface area contributed by atoms with Crippen molar-refractivity contribution in [2.45, 2.75) is 91.9 Å². The highest BCUT2D eigenvalue weighted by Gasteiger charge is 2.51. The molecule has 0 radical (unpaired) electrons. The molecular weight excluding hydrogens is 476 g/mol. The summed E-state index contributed by atoms with van der Waals surface area (Å²) < 4.78 is 21.9. The molecule has 2 fully saturated rings. The number of rotatable bonds is 7. The van der Waals surface area contributed by atoms with E-state index in [4.69, 9.17) is 18.9 Å². The Morgan fingerprint density at radius 2 is 1.39 bits per heavy atom. The minimum Gasteiger partial charge on any atom is -0.463 e. The van der Waals surface area contributed by atoms with Crippen LogP contribution in [0.2, 0.25) is 0 Å². The Kier molecular flexibility index (Phi) is 9.36. The largest absolute Gasteiger partial charge is 0.463 e. The Labute approximate surface area is 209 Å². The minimum absolute atomic E-state index is 0.0119. The average Bonchev–Trinajstić information content (AvgIpc) is 2.68.